The van der Waals surface area contributed by atoms with Crippen LogP contribution < -0.4 is 10.9 Å². The molecule has 0 radical (unpaired) electrons. The van der Waals surface area contributed by atoms with Crippen molar-refractivity contribution in [1.29, 1.82) is 0 Å². The second-order valence-electron chi connectivity index (χ2n) is 7.70. The highest BCUT2D eigenvalue weighted by Gasteiger charge is 2.22. The van der Waals surface area contributed by atoms with Crippen LogP contribution in [0.2, 0.25) is 5.02 Å². The van der Waals surface area contributed by atoms with Crippen LogP contribution >= 0.6 is 22.9 Å². The van der Waals surface area contributed by atoms with Crippen LogP contribution in [0.1, 0.15) is 34.5 Å². The Labute approximate surface area is 201 Å². The molecule has 10 nitrogen and oxygen atoms in total. The summed E-state index contributed by atoms with van der Waals surface area (Å²) in [6, 6.07) is 9.22. The van der Waals surface area contributed by atoms with Gasteiger partial charge in [0.2, 0.25) is 5.95 Å². The van der Waals surface area contributed by atoms with Crippen LogP contribution in [-0.4, -0.2) is 30.6 Å². The van der Waals surface area contributed by atoms with E-state index in [9.17, 15) is 19.7 Å². The van der Waals surface area contributed by atoms with E-state index in [1.807, 2.05) is 17.5 Å². The fraction of sp³-hybridized carbons (Fsp3) is 0.182. The molecule has 34 heavy (non-hydrogen) atoms. The van der Waals surface area contributed by atoms with Gasteiger partial charge < -0.3 is 5.32 Å². The zero-order valence-electron chi connectivity index (χ0n) is 17.6. The molecule has 0 fully saturated rings. The topological polar surface area (TPSA) is 136 Å². The maximum absolute atomic E-state index is 13.0. The van der Waals surface area contributed by atoms with Gasteiger partial charge in [0.15, 0.2) is 0 Å². The molecular weight excluding hydrogens is 480 g/mol. The molecular formula is C22H17ClN6O4S. The highest BCUT2D eigenvalue weighted by Crippen LogP contribution is 2.29. The SMILES string of the molecule is O=C(Nc1cc(-c2cccs2)nn1-c1nc2c(c(=O)[nH]1)CCCC2)c1ccc(Cl)c([N+](=O)[O-])c1. The van der Waals surface area contributed by atoms with E-state index >= 15 is 0 Å². The standard InChI is InChI=1S/C22H17ClN6O4S/c23-14-8-7-12(10-17(14)29(32)33)20(30)25-19-11-16(18-6-3-9-34-18)27-28(19)22-24-15-5-2-1-4-13(15)21(31)26-22/h3,6-11H,1-2,4-5H2,(H,25,30)(H,24,26,31). The molecule has 0 saturated heterocycles. The molecule has 3 heterocycles. The van der Waals surface area contributed by atoms with Crippen molar-refractivity contribution in [2.24, 2.45) is 0 Å². The van der Waals surface area contributed by atoms with Crippen LogP contribution in [0.15, 0.2) is 46.6 Å². The van der Waals surface area contributed by atoms with Crippen molar-refractivity contribution in [3.05, 3.63) is 84.1 Å². The zero-order valence-corrected chi connectivity index (χ0v) is 19.2. The van der Waals surface area contributed by atoms with E-state index in [-0.39, 0.29) is 33.6 Å². The number of fused-ring (bicyclic) bond motifs is 1. The average Bonchev–Trinajstić information content (AvgIpc) is 3.49. The maximum atomic E-state index is 13.0. The number of hydrogen-bond donors (Lipinski definition) is 2. The molecule has 3 aromatic heterocycles. The van der Waals surface area contributed by atoms with Crippen LogP contribution in [0.3, 0.4) is 0 Å². The van der Waals surface area contributed by atoms with Gasteiger partial charge in [-0.1, -0.05) is 17.7 Å². The fourth-order valence-electron chi connectivity index (χ4n) is 3.85. The molecule has 0 atom stereocenters. The highest BCUT2D eigenvalue weighted by atomic mass is 35.5. The summed E-state index contributed by atoms with van der Waals surface area (Å²) in [5, 5.41) is 20.3. The minimum atomic E-state index is -0.653. The van der Waals surface area contributed by atoms with E-state index in [0.29, 0.717) is 24.1 Å². The second-order valence-corrected chi connectivity index (χ2v) is 9.06. The van der Waals surface area contributed by atoms with Crippen molar-refractivity contribution in [2.45, 2.75) is 25.7 Å². The molecule has 5 rings (SSSR count). The van der Waals surface area contributed by atoms with Crippen molar-refractivity contribution in [2.75, 3.05) is 5.32 Å². The number of thiophene rings is 1. The number of rotatable bonds is 5. The molecule has 0 unspecified atom stereocenters. The van der Waals surface area contributed by atoms with Gasteiger partial charge >= 0.3 is 0 Å². The van der Waals surface area contributed by atoms with Crippen LogP contribution in [-0.2, 0) is 12.8 Å². The number of amides is 1. The number of aromatic amines is 1. The van der Waals surface area contributed by atoms with Crippen LogP contribution in [0.25, 0.3) is 16.5 Å². The Morgan fingerprint density at radius 3 is 2.82 bits per heavy atom. The van der Waals surface area contributed by atoms with E-state index in [4.69, 9.17) is 11.6 Å². The Hall–Kier alpha value is -3.83. The normalized spacial score (nSPS) is 12.9. The monoisotopic (exact) mass is 496 g/mol. The van der Waals surface area contributed by atoms with Gasteiger partial charge in [0, 0.05) is 23.3 Å². The number of H-pyrrole nitrogens is 1. The van der Waals surface area contributed by atoms with E-state index in [1.54, 1.807) is 6.07 Å². The number of carbonyl (C=O) groups is 1. The first kappa shape index (κ1) is 22.0. The smallest absolute Gasteiger partial charge is 0.288 e. The third kappa shape index (κ3) is 4.11. The number of carbonyl (C=O) groups excluding carboxylic acids is 1. The third-order valence-electron chi connectivity index (χ3n) is 5.51. The van der Waals surface area contributed by atoms with Gasteiger partial charge in [0.05, 0.1) is 15.5 Å². The Bertz CT molecular complexity index is 1480. The summed E-state index contributed by atoms with van der Waals surface area (Å²) in [5.74, 6) is -0.158. The Kier molecular flexibility index (Phi) is 5.72. The summed E-state index contributed by atoms with van der Waals surface area (Å²) < 4.78 is 1.37. The molecule has 0 spiro atoms. The second kappa shape index (κ2) is 8.84. The number of nitrogens with zero attached hydrogens (tertiary/aromatic N) is 4. The van der Waals surface area contributed by atoms with Crippen LogP contribution in [0.5, 0.6) is 0 Å². The number of aromatic nitrogens is 4. The molecule has 1 aliphatic carbocycles. The van der Waals surface area contributed by atoms with Crippen LogP contribution in [0.4, 0.5) is 11.5 Å². The summed E-state index contributed by atoms with van der Waals surface area (Å²) >= 11 is 7.34. The van der Waals surface area contributed by atoms with Crippen molar-refractivity contribution in [1.82, 2.24) is 19.7 Å². The minimum Gasteiger partial charge on any atom is -0.306 e. The first-order valence-corrected chi connectivity index (χ1v) is 11.7. The first-order chi connectivity index (χ1) is 16.4. The van der Waals surface area contributed by atoms with Crippen molar-refractivity contribution >= 4 is 40.4 Å². The van der Waals surface area contributed by atoms with Gasteiger partial charge in [-0.05, 0) is 49.3 Å². The summed E-state index contributed by atoms with van der Waals surface area (Å²) in [7, 11) is 0. The van der Waals surface area contributed by atoms with E-state index in [0.717, 1.165) is 29.5 Å². The number of anilines is 1. The van der Waals surface area contributed by atoms with Gasteiger partial charge in [-0.15, -0.1) is 11.3 Å². The molecule has 12 heteroatoms. The molecule has 2 N–H and O–H groups in total. The van der Waals surface area contributed by atoms with Crippen molar-refractivity contribution < 1.29 is 9.72 Å². The van der Waals surface area contributed by atoms with E-state index in [1.165, 1.54) is 28.2 Å². The number of nitro benzene ring substituents is 1. The molecule has 0 saturated carbocycles. The number of nitro groups is 1. The predicted molar refractivity (Wildman–Crippen MR) is 128 cm³/mol. The number of hydrogen-bond acceptors (Lipinski definition) is 7. The molecule has 172 valence electrons. The lowest BCUT2D eigenvalue weighted by Gasteiger charge is -2.15. The summed E-state index contributed by atoms with van der Waals surface area (Å²) in [6.07, 6.45) is 3.26. The Balaban J connectivity index is 1.57. The zero-order chi connectivity index (χ0) is 23.8. The van der Waals surface area contributed by atoms with Crippen LogP contribution in [0, 0.1) is 10.1 Å². The number of nitrogens with one attached hydrogen (secondary N) is 2. The van der Waals surface area contributed by atoms with Gasteiger partial charge in [0.1, 0.15) is 16.5 Å². The summed E-state index contributed by atoms with van der Waals surface area (Å²) in [5.41, 5.74) is 1.44. The molecule has 1 aromatic carbocycles. The predicted octanol–water partition coefficient (Wildman–Crippen LogP) is 4.38. The van der Waals surface area contributed by atoms with Gasteiger partial charge in [0.25, 0.3) is 17.2 Å². The first-order valence-electron chi connectivity index (χ1n) is 10.4. The lowest BCUT2D eigenvalue weighted by molar-refractivity contribution is -0.384. The molecule has 4 aromatic rings. The Morgan fingerprint density at radius 2 is 2.06 bits per heavy atom. The lowest BCUT2D eigenvalue weighted by atomic mass is 9.97. The highest BCUT2D eigenvalue weighted by molar-refractivity contribution is 7.13. The van der Waals surface area contributed by atoms with Crippen molar-refractivity contribution in [3.8, 4) is 16.5 Å². The van der Waals surface area contributed by atoms with Gasteiger partial charge in [-0.25, -0.2) is 4.98 Å². The molecule has 1 aliphatic rings. The summed E-state index contributed by atoms with van der Waals surface area (Å²) in [6.45, 7) is 0. The average molecular weight is 497 g/mol. The lowest BCUT2D eigenvalue weighted by Crippen LogP contribution is -2.24. The number of aryl methyl sites for hydroxylation is 1. The quantitative estimate of drug-likeness (QED) is 0.311. The minimum absolute atomic E-state index is 0.0495. The summed E-state index contributed by atoms with van der Waals surface area (Å²) in [4.78, 5) is 44.5. The molecule has 1 amide bonds. The van der Waals surface area contributed by atoms with E-state index in [2.05, 4.69) is 20.4 Å². The van der Waals surface area contributed by atoms with E-state index < -0.39 is 10.8 Å². The fourth-order valence-corrected chi connectivity index (χ4v) is 4.72. The Morgan fingerprint density at radius 1 is 1.24 bits per heavy atom. The number of halogens is 1. The maximum Gasteiger partial charge on any atom is 0.288 e. The third-order valence-corrected chi connectivity index (χ3v) is 6.72. The van der Waals surface area contributed by atoms with Crippen molar-refractivity contribution in [3.63, 3.8) is 0 Å². The van der Waals surface area contributed by atoms with Gasteiger partial charge in [-0.3, -0.25) is 24.7 Å². The van der Waals surface area contributed by atoms with Gasteiger partial charge in [-0.2, -0.15) is 9.78 Å². The largest absolute Gasteiger partial charge is 0.306 e. The number of benzene rings is 1. The molecule has 0 bridgehead atoms. The molecule has 0 aliphatic heterocycles.